The Hall–Kier alpha value is 0.580. The predicted molar refractivity (Wildman–Crippen MR) is 148 cm³/mol. The van der Waals surface area contributed by atoms with Gasteiger partial charge in [0.25, 0.3) is 5.91 Å². The summed E-state index contributed by atoms with van der Waals surface area (Å²) in [4.78, 5) is 15.6. The van der Waals surface area contributed by atoms with E-state index in [9.17, 15) is 21.6 Å². The molecule has 0 atom stereocenters. The Kier molecular flexibility index (Phi) is 12.2. The molecule has 1 aromatic heterocycles. The van der Waals surface area contributed by atoms with Crippen LogP contribution in [0.2, 0.25) is 0 Å². The van der Waals surface area contributed by atoms with Gasteiger partial charge in [0.15, 0.2) is 0 Å². The molecule has 0 bridgehead atoms. The fraction of sp³-hybridized carbons (Fsp3) is 0.294. The highest BCUT2D eigenvalue weighted by molar-refractivity contribution is 9.42. The second-order valence-corrected chi connectivity index (χ2v) is 26.9. The van der Waals surface area contributed by atoms with E-state index in [1.165, 1.54) is 12.3 Å². The van der Waals surface area contributed by atoms with Crippen LogP contribution in [-0.2, 0) is 19.7 Å². The van der Waals surface area contributed by atoms with Crippen LogP contribution in [0.5, 0.6) is 0 Å². The molecule has 33 heavy (non-hydrogen) atoms. The molecule has 2 rings (SSSR count). The maximum Gasteiger partial charge on any atom is 0.269 e. The average Bonchev–Trinajstić information content (AvgIpc) is 2.71. The number of halogens is 6. The van der Waals surface area contributed by atoms with Gasteiger partial charge in [-0.1, -0.05) is 12.1 Å². The molecule has 0 aliphatic carbocycles. The number of rotatable bonds is 5. The molecule has 184 valence electrons. The number of hydrogen-bond donors (Lipinski definition) is 2. The lowest BCUT2D eigenvalue weighted by atomic mass is 10.2. The van der Waals surface area contributed by atoms with Gasteiger partial charge in [-0.05, 0) is 132 Å². The highest BCUT2D eigenvalue weighted by Gasteiger charge is 2.38. The third kappa shape index (κ3) is 8.88. The van der Waals surface area contributed by atoms with Gasteiger partial charge in [-0.15, -0.1) is 0 Å². The zero-order chi connectivity index (χ0) is 25.7. The molecule has 2 N–H and O–H groups in total. The van der Waals surface area contributed by atoms with Crippen LogP contribution in [0.25, 0.3) is 0 Å². The zero-order valence-corrected chi connectivity index (χ0v) is 27.6. The van der Waals surface area contributed by atoms with E-state index >= 15 is 0 Å². The van der Waals surface area contributed by atoms with Crippen molar-refractivity contribution in [2.45, 2.75) is 19.7 Å². The molecule has 1 aromatic carbocycles. The van der Waals surface area contributed by atoms with E-state index in [0.29, 0.717) is 0 Å². The fourth-order valence-corrected chi connectivity index (χ4v) is 7.02. The van der Waals surface area contributed by atoms with Gasteiger partial charge in [0.05, 0.1) is 16.4 Å². The molecule has 1 heterocycles. The molecule has 0 radical (unpaired) electrons. The molecule has 0 unspecified atom stereocenters. The Morgan fingerprint density at radius 3 is 1.91 bits per heavy atom. The summed E-state index contributed by atoms with van der Waals surface area (Å²) in [5.74, 6) is -0.560. The van der Waals surface area contributed by atoms with Gasteiger partial charge in [-0.25, -0.2) is 16.8 Å². The number of pyridine rings is 1. The summed E-state index contributed by atoms with van der Waals surface area (Å²) in [5, 5.41) is 11.0. The monoisotopic (exact) mass is 882 g/mol. The van der Waals surface area contributed by atoms with Crippen LogP contribution in [0, 0.1) is 6.92 Å². The summed E-state index contributed by atoms with van der Waals surface area (Å²) >= 11 is 17.8. The first-order chi connectivity index (χ1) is 14.9. The molecule has 0 spiro atoms. The molecule has 0 saturated carbocycles. The van der Waals surface area contributed by atoms with E-state index in [0.717, 1.165) is 11.6 Å². The van der Waals surface area contributed by atoms with Crippen LogP contribution < -0.4 is 5.32 Å². The molecular weight excluding hydrogens is 872 g/mol. The summed E-state index contributed by atoms with van der Waals surface area (Å²) in [6.45, 7) is 1.70. The predicted octanol–water partition coefficient (Wildman–Crippen LogP) is 4.94. The minimum Gasteiger partial charge on any atom is -0.395 e. The van der Waals surface area contributed by atoms with Crippen molar-refractivity contribution in [3.05, 3.63) is 53.9 Å². The number of aryl methyl sites for hydroxylation is 1. The summed E-state index contributed by atoms with van der Waals surface area (Å²) < 4.78 is 45.1. The first-order valence-electron chi connectivity index (χ1n) is 8.49. The topological polar surface area (TPSA) is 130 Å². The number of benzene rings is 1. The molecule has 16 heteroatoms. The van der Waals surface area contributed by atoms with Gasteiger partial charge < -0.3 is 10.4 Å². The molecule has 0 saturated heterocycles. The average molecular weight is 888 g/mol. The van der Waals surface area contributed by atoms with E-state index in [2.05, 4.69) is 106 Å². The van der Waals surface area contributed by atoms with E-state index < -0.39 is 28.5 Å². The Bertz CT molecular complexity index is 1190. The van der Waals surface area contributed by atoms with E-state index in [1.807, 2.05) is 13.0 Å². The van der Waals surface area contributed by atoms with Crippen LogP contribution in [0.4, 0.5) is 0 Å². The van der Waals surface area contributed by atoms with Crippen molar-refractivity contribution >= 4 is 121 Å². The van der Waals surface area contributed by atoms with Crippen molar-refractivity contribution in [1.29, 1.82) is 0 Å². The molecule has 1 amide bonds. The van der Waals surface area contributed by atoms with Crippen molar-refractivity contribution in [3.8, 4) is 0 Å². The number of aromatic nitrogens is 1. The highest BCUT2D eigenvalue weighted by atomic mass is 80.0. The van der Waals surface area contributed by atoms with Gasteiger partial charge >= 0.3 is 0 Å². The van der Waals surface area contributed by atoms with Crippen molar-refractivity contribution in [1.82, 2.24) is 10.3 Å². The standard InChI is InChI=1S/C9H9Br3N2O4S.C8H7Br3O2S/c10-9(11,12)19(17,18)6-1-2-13-7(5-6)8(16)14-3-4-15;1-6-3-2-4-7(5-6)14(12,13)8(9,10)11/h1-2,5,15H,3-4H2,(H,14,16);2-5H,1H3. The largest absolute Gasteiger partial charge is 0.395 e. The quantitative estimate of drug-likeness (QED) is 0.408. The third-order valence-electron chi connectivity index (χ3n) is 3.58. The number of hydrogen-bond acceptors (Lipinski definition) is 7. The summed E-state index contributed by atoms with van der Waals surface area (Å²) in [7, 11) is -7.22. The normalized spacial score (nSPS) is 12.5. The van der Waals surface area contributed by atoms with Crippen LogP contribution in [-0.4, -0.2) is 48.9 Å². The SMILES string of the molecule is Cc1cccc(S(=O)(=O)C(Br)(Br)Br)c1.O=C(NCCO)c1cc(S(=O)(=O)C(Br)(Br)Br)ccn1. The van der Waals surface area contributed by atoms with Gasteiger partial charge in [-0.2, -0.15) is 0 Å². The lowest BCUT2D eigenvalue weighted by Crippen LogP contribution is -2.27. The van der Waals surface area contributed by atoms with Crippen molar-refractivity contribution in [3.63, 3.8) is 0 Å². The maximum absolute atomic E-state index is 12.1. The molecular formula is C17H16Br6N2O6S2. The number of amides is 1. The third-order valence-corrected chi connectivity index (χ3v) is 14.2. The number of nitrogens with one attached hydrogen (secondary N) is 1. The number of aliphatic hydroxyl groups excluding tert-OH is 1. The van der Waals surface area contributed by atoms with Gasteiger partial charge in [0, 0.05) is 12.7 Å². The van der Waals surface area contributed by atoms with Crippen LogP contribution in [0.15, 0.2) is 52.4 Å². The van der Waals surface area contributed by atoms with Gasteiger partial charge in [0.2, 0.25) is 22.6 Å². The maximum atomic E-state index is 12.1. The first-order valence-corrected chi connectivity index (χ1v) is 16.2. The molecule has 0 fully saturated rings. The Morgan fingerprint density at radius 2 is 1.45 bits per heavy atom. The minimum absolute atomic E-state index is 0.0497. The van der Waals surface area contributed by atoms with Crippen molar-refractivity contribution in [2.75, 3.05) is 13.2 Å². The Balaban J connectivity index is 0.000000346. The smallest absolute Gasteiger partial charge is 0.269 e. The van der Waals surface area contributed by atoms with Crippen LogP contribution in [0.1, 0.15) is 16.1 Å². The number of alkyl halides is 6. The highest BCUT2D eigenvalue weighted by Crippen LogP contribution is 2.43. The van der Waals surface area contributed by atoms with Gasteiger partial charge in [-0.3, -0.25) is 9.78 Å². The molecule has 2 aromatic rings. The number of sulfone groups is 2. The Labute approximate surface area is 242 Å². The lowest BCUT2D eigenvalue weighted by molar-refractivity contribution is 0.0939. The summed E-state index contributed by atoms with van der Waals surface area (Å²) in [6, 6.07) is 9.16. The van der Waals surface area contributed by atoms with Crippen LogP contribution in [0.3, 0.4) is 0 Å². The van der Waals surface area contributed by atoms with Gasteiger partial charge in [0.1, 0.15) is 5.69 Å². The molecule has 0 aliphatic rings. The Morgan fingerprint density at radius 1 is 0.939 bits per heavy atom. The van der Waals surface area contributed by atoms with E-state index in [-0.39, 0.29) is 28.6 Å². The molecule has 0 aliphatic heterocycles. The minimum atomic E-state index is -3.77. The number of aliphatic hydroxyl groups is 1. The second-order valence-electron chi connectivity index (χ2n) is 6.07. The fourth-order valence-electron chi connectivity index (χ4n) is 2.01. The van der Waals surface area contributed by atoms with Crippen molar-refractivity contribution < 1.29 is 26.7 Å². The summed E-state index contributed by atoms with van der Waals surface area (Å²) in [5.41, 5.74) is 0.856. The summed E-state index contributed by atoms with van der Waals surface area (Å²) in [6.07, 6.45) is 1.22. The van der Waals surface area contributed by atoms with E-state index in [4.69, 9.17) is 5.11 Å². The lowest BCUT2D eigenvalue weighted by Gasteiger charge is -2.13. The molecule has 8 nitrogen and oxygen atoms in total. The van der Waals surface area contributed by atoms with Crippen LogP contribution >= 0.6 is 95.6 Å². The first kappa shape index (κ1) is 31.6. The zero-order valence-electron chi connectivity index (χ0n) is 16.5. The second kappa shape index (κ2) is 12.7. The number of carbonyl (C=O) groups is 1. The van der Waals surface area contributed by atoms with Crippen molar-refractivity contribution in [2.24, 2.45) is 0 Å². The number of carbonyl (C=O) groups excluding carboxylic acids is 1. The van der Waals surface area contributed by atoms with E-state index in [1.54, 1.807) is 18.2 Å². The number of nitrogens with zero attached hydrogens (tertiary/aromatic N) is 1.